The summed E-state index contributed by atoms with van der Waals surface area (Å²) in [6, 6.07) is 0. The van der Waals surface area contributed by atoms with Crippen molar-refractivity contribution < 1.29 is 79.1 Å². The molecule has 0 N–H and O–H groups in total. The zero-order chi connectivity index (χ0) is 8.00. The number of hydrogen-bond donors (Lipinski definition) is 0. The van der Waals surface area contributed by atoms with Crippen molar-refractivity contribution in [3.63, 3.8) is 0 Å². The van der Waals surface area contributed by atoms with Crippen LogP contribution >= 0.6 is 0 Å². The molecule has 9 heavy (non-hydrogen) atoms. The normalized spacial score (nSPS) is 1.78. The average Bonchev–Trinajstić information content (AvgIpc) is 2.03. The molecule has 0 amide bonds. The predicted molar refractivity (Wildman–Crippen MR) is 12.7 cm³/mol. The molecule has 0 rings (SSSR count). The SMILES string of the molecule is [AlH3].[O]=[Mn].[O]=[Mn].[O]=[Mn].[O]=[Mn]. The van der Waals surface area contributed by atoms with Crippen molar-refractivity contribution in [3.8, 4) is 0 Å². The van der Waals surface area contributed by atoms with Crippen molar-refractivity contribution in [1.29, 1.82) is 0 Å². The van der Waals surface area contributed by atoms with E-state index in [0.29, 0.717) is 0 Å². The Morgan fingerprint density at radius 3 is 0.444 bits per heavy atom. The molecule has 0 unspecified atom stereocenters. The van der Waals surface area contributed by atoms with E-state index in [1.807, 2.05) is 0 Å². The molecule has 0 aromatic carbocycles. The maximum atomic E-state index is 8.06. The Balaban J connectivity index is -0.00000000762. The predicted octanol–water partition coefficient (Wildman–Crippen LogP) is -1.67. The zero-order valence-electron chi connectivity index (χ0n) is 3.14. The van der Waals surface area contributed by atoms with Gasteiger partial charge in [0, 0.05) is 0 Å². The van der Waals surface area contributed by atoms with Gasteiger partial charge in [0.25, 0.3) is 0 Å². The first kappa shape index (κ1) is 30.8. The molecule has 9 heteroatoms. The summed E-state index contributed by atoms with van der Waals surface area (Å²) in [6.07, 6.45) is 0. The van der Waals surface area contributed by atoms with Crippen molar-refractivity contribution in [3.05, 3.63) is 0 Å². The molecule has 0 fully saturated rings. The Hall–Kier alpha value is 1.81. The van der Waals surface area contributed by atoms with Crippen LogP contribution in [-0.2, 0) is 79.1 Å². The second kappa shape index (κ2) is 232. The topological polar surface area (TPSA) is 68.3 Å². The van der Waals surface area contributed by atoms with Gasteiger partial charge in [-0.2, -0.15) is 0 Å². The van der Waals surface area contributed by atoms with E-state index >= 15 is 0 Å². The van der Waals surface area contributed by atoms with Crippen LogP contribution in [0.3, 0.4) is 0 Å². The maximum absolute atomic E-state index is 8.06. The van der Waals surface area contributed by atoms with E-state index in [2.05, 4.69) is 0 Å². The summed E-state index contributed by atoms with van der Waals surface area (Å²) in [5.41, 5.74) is 0. The fraction of sp³-hybridized carbons (Fsp3) is 0. The van der Waals surface area contributed by atoms with Gasteiger partial charge in [0.05, 0.1) is 0 Å². The minimum absolute atomic E-state index is 0. The molecule has 0 aliphatic rings. The second-order valence-electron chi connectivity index (χ2n) is 0. The minimum atomic E-state index is 0. The summed E-state index contributed by atoms with van der Waals surface area (Å²) in [6.45, 7) is 0. The van der Waals surface area contributed by atoms with Gasteiger partial charge in [0.15, 0.2) is 17.4 Å². The molecular weight excluding hydrogens is 311 g/mol. The van der Waals surface area contributed by atoms with Crippen LogP contribution in [0, 0.1) is 0 Å². The van der Waals surface area contributed by atoms with Crippen LogP contribution in [0.15, 0.2) is 0 Å². The molecule has 0 aromatic heterocycles. The van der Waals surface area contributed by atoms with Crippen LogP contribution in [-0.4, -0.2) is 17.4 Å². The Kier molecular flexibility index (Phi) is 796. The molecule has 0 atom stereocenters. The van der Waals surface area contributed by atoms with Gasteiger partial charge >= 0.3 is 79.1 Å². The van der Waals surface area contributed by atoms with Gasteiger partial charge in [-0.1, -0.05) is 0 Å². The van der Waals surface area contributed by atoms with Crippen molar-refractivity contribution in [2.45, 2.75) is 0 Å². The van der Waals surface area contributed by atoms with Crippen molar-refractivity contribution in [2.24, 2.45) is 0 Å². The van der Waals surface area contributed by atoms with E-state index in [0.717, 1.165) is 0 Å². The average molecular weight is 314 g/mol. The summed E-state index contributed by atoms with van der Waals surface area (Å²) in [5.74, 6) is 0. The van der Waals surface area contributed by atoms with Gasteiger partial charge in [-0.15, -0.1) is 0 Å². The van der Waals surface area contributed by atoms with Crippen LogP contribution in [0.2, 0.25) is 0 Å². The van der Waals surface area contributed by atoms with Crippen molar-refractivity contribution in [1.82, 2.24) is 0 Å². The monoisotopic (exact) mass is 314 g/mol. The molecular formula is H3AlMn4O4. The molecule has 0 aliphatic heterocycles. The molecule has 0 radical (unpaired) electrons. The molecule has 58 valence electrons. The van der Waals surface area contributed by atoms with Gasteiger partial charge in [0.2, 0.25) is 0 Å². The summed E-state index contributed by atoms with van der Waals surface area (Å²) < 4.78 is 32.2. The molecule has 0 aromatic rings. The quantitative estimate of drug-likeness (QED) is 0.502. The van der Waals surface area contributed by atoms with E-state index in [1.165, 1.54) is 0 Å². The van der Waals surface area contributed by atoms with Crippen molar-refractivity contribution in [2.75, 3.05) is 0 Å². The second-order valence-corrected chi connectivity index (χ2v) is 0. The van der Waals surface area contributed by atoms with E-state index < -0.39 is 0 Å². The third kappa shape index (κ3) is 183. The van der Waals surface area contributed by atoms with Gasteiger partial charge in [-0.25, -0.2) is 0 Å². The van der Waals surface area contributed by atoms with Crippen LogP contribution in [0.5, 0.6) is 0 Å². The van der Waals surface area contributed by atoms with Crippen LogP contribution in [0.1, 0.15) is 0 Å². The summed E-state index contributed by atoms with van der Waals surface area (Å²) in [4.78, 5) is 0. The fourth-order valence-electron chi connectivity index (χ4n) is 0. The molecule has 0 aliphatic carbocycles. The van der Waals surface area contributed by atoms with Gasteiger partial charge < -0.3 is 0 Å². The van der Waals surface area contributed by atoms with E-state index in [4.69, 9.17) is 15.3 Å². The molecule has 0 bridgehead atoms. The Morgan fingerprint density at radius 1 is 0.444 bits per heavy atom. The first-order chi connectivity index (χ1) is 4.00. The Labute approximate surface area is 95.5 Å². The van der Waals surface area contributed by atoms with E-state index in [9.17, 15) is 0 Å². The summed E-state index contributed by atoms with van der Waals surface area (Å²) in [5, 5.41) is 0. The Morgan fingerprint density at radius 2 is 0.444 bits per heavy atom. The standard InChI is InChI=1S/Al.4Mn.4O.3H. The number of rotatable bonds is 0. The van der Waals surface area contributed by atoms with Gasteiger partial charge in [0.1, 0.15) is 0 Å². The first-order valence-electron chi connectivity index (χ1n) is 0.617. The third-order valence-electron chi connectivity index (χ3n) is 0. The van der Waals surface area contributed by atoms with Crippen LogP contribution < -0.4 is 0 Å². The summed E-state index contributed by atoms with van der Waals surface area (Å²) >= 11 is 6.75. The molecule has 0 heterocycles. The van der Waals surface area contributed by atoms with E-state index in [-0.39, 0.29) is 17.4 Å². The summed E-state index contributed by atoms with van der Waals surface area (Å²) in [7, 11) is 0. The molecule has 0 saturated heterocycles. The van der Waals surface area contributed by atoms with Gasteiger partial charge in [-0.3, -0.25) is 0 Å². The molecule has 4 nitrogen and oxygen atoms in total. The Bertz CT molecular complexity index is 20.5. The first-order valence-corrected chi connectivity index (χ1v) is 2.54. The fourth-order valence-corrected chi connectivity index (χ4v) is 0. The van der Waals surface area contributed by atoms with Crippen molar-refractivity contribution >= 4 is 17.4 Å². The van der Waals surface area contributed by atoms with E-state index in [1.54, 1.807) is 63.8 Å². The number of hydrogen-bond acceptors (Lipinski definition) is 4. The van der Waals surface area contributed by atoms with Gasteiger partial charge in [-0.05, 0) is 0 Å². The molecule has 0 saturated carbocycles. The zero-order valence-corrected chi connectivity index (χ0v) is 7.87. The van der Waals surface area contributed by atoms with Crippen LogP contribution in [0.25, 0.3) is 0 Å². The molecule has 0 spiro atoms. The third-order valence-corrected chi connectivity index (χ3v) is 0. The van der Waals surface area contributed by atoms with Crippen LogP contribution in [0.4, 0.5) is 0 Å².